The highest BCUT2D eigenvalue weighted by atomic mass is 16.5. The van der Waals surface area contributed by atoms with Gasteiger partial charge in [-0.3, -0.25) is 4.79 Å². The third kappa shape index (κ3) is 4.05. The first-order valence-corrected chi connectivity index (χ1v) is 7.56. The van der Waals surface area contributed by atoms with Gasteiger partial charge in [-0.25, -0.2) is 0 Å². The van der Waals surface area contributed by atoms with Crippen molar-refractivity contribution in [2.45, 2.75) is 51.9 Å². The largest absolute Gasteiger partial charge is 0.390 e. The first-order valence-electron chi connectivity index (χ1n) is 7.56. The summed E-state index contributed by atoms with van der Waals surface area (Å²) >= 11 is 0. The Morgan fingerprint density at radius 3 is 2.81 bits per heavy atom. The van der Waals surface area contributed by atoms with E-state index in [1.807, 2.05) is 0 Å². The number of aliphatic hydroxyl groups is 1. The fourth-order valence-electron chi connectivity index (χ4n) is 2.98. The van der Waals surface area contributed by atoms with Crippen LogP contribution < -0.4 is 5.32 Å². The molecule has 1 aromatic rings. The van der Waals surface area contributed by atoms with Gasteiger partial charge in [0.2, 0.25) is 5.91 Å². The minimum Gasteiger partial charge on any atom is -0.390 e. The van der Waals surface area contributed by atoms with Gasteiger partial charge in [-0.05, 0) is 44.2 Å². The first-order chi connectivity index (χ1) is 10.0. The second-order valence-electron chi connectivity index (χ2n) is 6.00. The summed E-state index contributed by atoms with van der Waals surface area (Å²) in [5.74, 6) is -0.00645. The number of aliphatic hydroxyl groups excluding tert-OH is 1. The Morgan fingerprint density at radius 1 is 1.38 bits per heavy atom. The van der Waals surface area contributed by atoms with E-state index in [0.29, 0.717) is 19.4 Å². The summed E-state index contributed by atoms with van der Waals surface area (Å²) in [6, 6.07) is 6.25. The summed E-state index contributed by atoms with van der Waals surface area (Å²) in [6.07, 6.45) is 1.27. The van der Waals surface area contributed by atoms with Gasteiger partial charge in [-0.15, -0.1) is 0 Å². The molecule has 0 unspecified atom stereocenters. The van der Waals surface area contributed by atoms with Gasteiger partial charge in [-0.1, -0.05) is 23.8 Å². The van der Waals surface area contributed by atoms with Crippen LogP contribution in [0.4, 0.5) is 0 Å². The number of carbonyl (C=O) groups excluding carboxylic acids is 1. The van der Waals surface area contributed by atoms with E-state index in [9.17, 15) is 9.90 Å². The average Bonchev–Trinajstić information content (AvgIpc) is 2.46. The van der Waals surface area contributed by atoms with Crippen molar-refractivity contribution in [3.63, 3.8) is 0 Å². The summed E-state index contributed by atoms with van der Waals surface area (Å²) in [7, 11) is 1.59. The Hall–Kier alpha value is -1.39. The van der Waals surface area contributed by atoms with E-state index in [4.69, 9.17) is 4.74 Å². The van der Waals surface area contributed by atoms with E-state index in [1.165, 1.54) is 11.1 Å². The number of rotatable bonds is 4. The zero-order valence-electron chi connectivity index (χ0n) is 13.1. The van der Waals surface area contributed by atoms with Crippen molar-refractivity contribution in [1.82, 2.24) is 5.32 Å². The molecule has 0 heterocycles. The molecule has 1 aliphatic carbocycles. The van der Waals surface area contributed by atoms with Crippen molar-refractivity contribution >= 4 is 5.91 Å². The van der Waals surface area contributed by atoms with Crippen molar-refractivity contribution in [3.8, 4) is 0 Å². The second kappa shape index (κ2) is 7.05. The fourth-order valence-corrected chi connectivity index (χ4v) is 2.98. The molecule has 2 N–H and O–H groups in total. The number of methoxy groups -OCH3 is 1. The van der Waals surface area contributed by atoms with Gasteiger partial charge in [0, 0.05) is 19.6 Å². The highest BCUT2D eigenvalue weighted by Crippen LogP contribution is 2.26. The number of hydrogen-bond acceptors (Lipinski definition) is 3. The summed E-state index contributed by atoms with van der Waals surface area (Å²) < 4.78 is 5.25. The first kappa shape index (κ1) is 16.0. The molecule has 0 bridgehead atoms. The lowest BCUT2D eigenvalue weighted by atomic mass is 9.84. The van der Waals surface area contributed by atoms with Crippen molar-refractivity contribution in [2.75, 3.05) is 7.11 Å². The molecule has 1 amide bonds. The van der Waals surface area contributed by atoms with Gasteiger partial charge < -0.3 is 15.2 Å². The second-order valence-corrected chi connectivity index (χ2v) is 6.00. The predicted molar refractivity (Wildman–Crippen MR) is 81.9 cm³/mol. The maximum Gasteiger partial charge on any atom is 0.223 e. The lowest BCUT2D eigenvalue weighted by Gasteiger charge is -2.31. The average molecular weight is 291 g/mol. The summed E-state index contributed by atoms with van der Waals surface area (Å²) in [4.78, 5) is 12.3. The molecule has 21 heavy (non-hydrogen) atoms. The smallest absolute Gasteiger partial charge is 0.223 e. The van der Waals surface area contributed by atoms with E-state index in [0.717, 1.165) is 12.0 Å². The van der Waals surface area contributed by atoms with Crippen LogP contribution in [0, 0.1) is 19.8 Å². The Kier molecular flexibility index (Phi) is 5.37. The van der Waals surface area contributed by atoms with Crippen molar-refractivity contribution < 1.29 is 14.6 Å². The van der Waals surface area contributed by atoms with Crippen LogP contribution in [0.3, 0.4) is 0 Å². The van der Waals surface area contributed by atoms with Crippen molar-refractivity contribution in [3.05, 3.63) is 34.9 Å². The van der Waals surface area contributed by atoms with Crippen LogP contribution in [0.15, 0.2) is 18.2 Å². The normalized spacial score (nSPS) is 25.6. The molecule has 0 saturated heterocycles. The SMILES string of the molecule is CO[C@@H]1C[C@H](C(=O)NCc2ccc(C)cc2C)CC[C@@H]1O. The maximum atomic E-state index is 12.3. The minimum atomic E-state index is -0.446. The Bertz CT molecular complexity index is 501. The Labute approximate surface area is 126 Å². The van der Waals surface area contributed by atoms with Gasteiger partial charge >= 0.3 is 0 Å². The lowest BCUT2D eigenvalue weighted by molar-refractivity contribution is -0.130. The lowest BCUT2D eigenvalue weighted by Crippen LogP contribution is -2.41. The van der Waals surface area contributed by atoms with Crippen LogP contribution in [0.1, 0.15) is 36.0 Å². The molecular weight excluding hydrogens is 266 g/mol. The van der Waals surface area contributed by atoms with E-state index < -0.39 is 6.10 Å². The third-order valence-corrected chi connectivity index (χ3v) is 4.38. The van der Waals surface area contributed by atoms with Crippen LogP contribution in [0.2, 0.25) is 0 Å². The number of hydrogen-bond donors (Lipinski definition) is 2. The standard InChI is InChI=1S/C17H25NO3/c1-11-4-5-14(12(2)8-11)10-18-17(20)13-6-7-15(19)16(9-13)21-3/h4-5,8,13,15-16,19H,6-7,9-10H2,1-3H3,(H,18,20)/t13-,15+,16-/m1/s1. The van der Waals surface area contributed by atoms with Gasteiger partial charge in [0.15, 0.2) is 0 Å². The molecular formula is C17H25NO3. The highest BCUT2D eigenvalue weighted by molar-refractivity contribution is 5.78. The minimum absolute atomic E-state index is 0.0592. The van der Waals surface area contributed by atoms with Crippen molar-refractivity contribution in [2.24, 2.45) is 5.92 Å². The van der Waals surface area contributed by atoms with Crippen LogP contribution in [0.5, 0.6) is 0 Å². The van der Waals surface area contributed by atoms with E-state index in [2.05, 4.69) is 37.4 Å². The molecule has 0 spiro atoms. The summed E-state index contributed by atoms with van der Waals surface area (Å²) in [6.45, 7) is 4.68. The predicted octanol–water partition coefficient (Wildman–Crippen LogP) is 2.10. The number of aryl methyl sites for hydroxylation is 2. The molecule has 0 radical (unpaired) electrons. The molecule has 1 fully saturated rings. The van der Waals surface area contributed by atoms with Gasteiger partial charge in [0.05, 0.1) is 12.2 Å². The molecule has 0 aliphatic heterocycles. The van der Waals surface area contributed by atoms with Crippen molar-refractivity contribution in [1.29, 1.82) is 0 Å². The molecule has 116 valence electrons. The molecule has 1 saturated carbocycles. The number of carbonyl (C=O) groups is 1. The Morgan fingerprint density at radius 2 is 2.14 bits per heavy atom. The van der Waals surface area contributed by atoms with E-state index >= 15 is 0 Å². The molecule has 4 nitrogen and oxygen atoms in total. The monoisotopic (exact) mass is 291 g/mol. The molecule has 1 aliphatic rings. The zero-order chi connectivity index (χ0) is 15.4. The third-order valence-electron chi connectivity index (χ3n) is 4.38. The number of benzene rings is 1. The van der Waals surface area contributed by atoms with Gasteiger partial charge in [0.1, 0.15) is 0 Å². The van der Waals surface area contributed by atoms with Crippen LogP contribution in [0.25, 0.3) is 0 Å². The maximum absolute atomic E-state index is 12.3. The van der Waals surface area contributed by atoms with Crippen LogP contribution in [-0.2, 0) is 16.1 Å². The van der Waals surface area contributed by atoms with E-state index in [1.54, 1.807) is 7.11 Å². The van der Waals surface area contributed by atoms with Gasteiger partial charge in [0.25, 0.3) is 0 Å². The topological polar surface area (TPSA) is 58.6 Å². The van der Waals surface area contributed by atoms with Crippen LogP contribution >= 0.6 is 0 Å². The number of nitrogens with one attached hydrogen (secondary N) is 1. The molecule has 1 aromatic carbocycles. The number of amides is 1. The number of ether oxygens (including phenoxy) is 1. The fraction of sp³-hybridized carbons (Fsp3) is 0.588. The molecule has 3 atom stereocenters. The van der Waals surface area contributed by atoms with Crippen LogP contribution in [-0.4, -0.2) is 30.3 Å². The summed E-state index contributed by atoms with van der Waals surface area (Å²) in [5.41, 5.74) is 3.57. The molecule has 4 heteroatoms. The van der Waals surface area contributed by atoms with Gasteiger partial charge in [-0.2, -0.15) is 0 Å². The zero-order valence-corrected chi connectivity index (χ0v) is 13.1. The summed E-state index contributed by atoms with van der Waals surface area (Å²) in [5, 5.41) is 12.8. The highest BCUT2D eigenvalue weighted by Gasteiger charge is 2.32. The van der Waals surface area contributed by atoms with E-state index in [-0.39, 0.29) is 17.9 Å². The molecule has 2 rings (SSSR count). The Balaban J connectivity index is 1.90. The molecule has 0 aromatic heterocycles. The quantitative estimate of drug-likeness (QED) is 0.893.